The summed E-state index contributed by atoms with van der Waals surface area (Å²) in [5, 5.41) is 2.48. The van der Waals surface area contributed by atoms with Gasteiger partial charge in [0.2, 0.25) is 5.91 Å². The van der Waals surface area contributed by atoms with Gasteiger partial charge >= 0.3 is 0 Å². The van der Waals surface area contributed by atoms with Crippen LogP contribution in [0.2, 0.25) is 0 Å². The number of hydrogen-bond acceptors (Lipinski definition) is 2. The molecule has 0 aliphatic rings. The molecule has 0 aliphatic heterocycles. The van der Waals surface area contributed by atoms with Crippen molar-refractivity contribution in [3.8, 4) is 0 Å². The Balaban J connectivity index is 2.64. The van der Waals surface area contributed by atoms with Crippen molar-refractivity contribution in [2.45, 2.75) is 13.0 Å². The second kappa shape index (κ2) is 4.41. The van der Waals surface area contributed by atoms with E-state index in [1.165, 1.54) is 0 Å². The summed E-state index contributed by atoms with van der Waals surface area (Å²) in [6.07, 6.45) is 0. The van der Waals surface area contributed by atoms with E-state index >= 15 is 0 Å². The summed E-state index contributed by atoms with van der Waals surface area (Å²) in [4.78, 5) is 22.1. The molecule has 4 nitrogen and oxygen atoms in total. The number of primary amides is 1. The van der Waals surface area contributed by atoms with Crippen LogP contribution >= 0.6 is 0 Å². The van der Waals surface area contributed by atoms with Crippen molar-refractivity contribution in [1.82, 2.24) is 5.32 Å². The van der Waals surface area contributed by atoms with Gasteiger partial charge in [-0.2, -0.15) is 0 Å². The largest absolute Gasteiger partial charge is 0.368 e. The molecule has 0 unspecified atom stereocenters. The van der Waals surface area contributed by atoms with Crippen molar-refractivity contribution in [1.29, 1.82) is 0 Å². The predicted octanol–water partition coefficient (Wildman–Crippen LogP) is 0.290. The van der Waals surface area contributed by atoms with Gasteiger partial charge in [0.1, 0.15) is 6.04 Å². The Bertz CT molecular complexity index is 335. The molecule has 2 amide bonds. The summed E-state index contributed by atoms with van der Waals surface area (Å²) in [6, 6.07) is 8.01. The molecule has 0 spiro atoms. The fourth-order valence-corrected chi connectivity index (χ4v) is 0.941. The molecule has 1 aromatic rings. The quantitative estimate of drug-likeness (QED) is 0.722. The molecule has 4 heteroatoms. The van der Waals surface area contributed by atoms with Crippen LogP contribution in [-0.2, 0) is 4.79 Å². The van der Waals surface area contributed by atoms with Crippen LogP contribution < -0.4 is 11.1 Å². The average molecular weight is 192 g/mol. The molecule has 0 fully saturated rings. The Morgan fingerprint density at radius 3 is 2.36 bits per heavy atom. The molecule has 0 heterocycles. The maximum Gasteiger partial charge on any atom is 0.251 e. The van der Waals surface area contributed by atoms with E-state index < -0.39 is 11.9 Å². The number of carbonyl (C=O) groups excluding carboxylic acids is 2. The minimum Gasteiger partial charge on any atom is -0.368 e. The van der Waals surface area contributed by atoms with E-state index in [0.29, 0.717) is 5.56 Å². The van der Waals surface area contributed by atoms with E-state index in [4.69, 9.17) is 5.73 Å². The van der Waals surface area contributed by atoms with Crippen molar-refractivity contribution in [3.63, 3.8) is 0 Å². The van der Waals surface area contributed by atoms with E-state index in [1.54, 1.807) is 31.2 Å². The highest BCUT2D eigenvalue weighted by Crippen LogP contribution is 1.98. The molecule has 0 saturated heterocycles. The third-order valence-electron chi connectivity index (χ3n) is 1.81. The molecule has 0 radical (unpaired) electrons. The topological polar surface area (TPSA) is 72.2 Å². The van der Waals surface area contributed by atoms with Crippen LogP contribution in [0.25, 0.3) is 0 Å². The van der Waals surface area contributed by atoms with E-state index in [2.05, 4.69) is 5.32 Å². The summed E-state index contributed by atoms with van der Waals surface area (Å²) in [5.74, 6) is -0.841. The van der Waals surface area contributed by atoms with Gasteiger partial charge in [0.25, 0.3) is 5.91 Å². The van der Waals surface area contributed by atoms with Crippen molar-refractivity contribution in [3.05, 3.63) is 35.9 Å². The minimum atomic E-state index is -0.650. The van der Waals surface area contributed by atoms with Gasteiger partial charge in [-0.15, -0.1) is 0 Å². The third kappa shape index (κ3) is 2.58. The Morgan fingerprint density at radius 1 is 1.29 bits per heavy atom. The van der Waals surface area contributed by atoms with E-state index in [9.17, 15) is 9.59 Å². The maximum atomic E-state index is 11.4. The SMILES string of the molecule is C[C@@H](NC(=O)c1ccccc1)C(N)=O. The van der Waals surface area contributed by atoms with Crippen molar-refractivity contribution in [2.75, 3.05) is 0 Å². The second-order valence-corrected chi connectivity index (χ2v) is 2.96. The normalized spacial score (nSPS) is 11.8. The highest BCUT2D eigenvalue weighted by atomic mass is 16.2. The Morgan fingerprint density at radius 2 is 1.86 bits per heavy atom. The number of carbonyl (C=O) groups is 2. The van der Waals surface area contributed by atoms with E-state index in [0.717, 1.165) is 0 Å². The summed E-state index contributed by atoms with van der Waals surface area (Å²) < 4.78 is 0. The third-order valence-corrected chi connectivity index (χ3v) is 1.81. The van der Waals surface area contributed by atoms with Crippen LogP contribution in [0.3, 0.4) is 0 Å². The van der Waals surface area contributed by atoms with Gasteiger partial charge in [-0.05, 0) is 19.1 Å². The van der Waals surface area contributed by atoms with Gasteiger partial charge in [0.15, 0.2) is 0 Å². The number of nitrogens with two attached hydrogens (primary N) is 1. The van der Waals surface area contributed by atoms with Crippen molar-refractivity contribution < 1.29 is 9.59 Å². The zero-order valence-corrected chi connectivity index (χ0v) is 7.86. The first-order valence-electron chi connectivity index (χ1n) is 4.26. The standard InChI is InChI=1S/C10H12N2O2/c1-7(9(11)13)12-10(14)8-5-3-2-4-6-8/h2-7H,1H3,(H2,11,13)(H,12,14)/t7-/m1/s1. The van der Waals surface area contributed by atoms with Crippen molar-refractivity contribution >= 4 is 11.8 Å². The van der Waals surface area contributed by atoms with E-state index in [1.807, 2.05) is 6.07 Å². The molecule has 1 atom stereocenters. The molecule has 74 valence electrons. The lowest BCUT2D eigenvalue weighted by Gasteiger charge is -2.09. The van der Waals surface area contributed by atoms with Gasteiger partial charge in [-0.25, -0.2) is 0 Å². The van der Waals surface area contributed by atoms with Crippen LogP contribution in [-0.4, -0.2) is 17.9 Å². The maximum absolute atomic E-state index is 11.4. The van der Waals surface area contributed by atoms with Crippen LogP contribution in [0.4, 0.5) is 0 Å². The summed E-state index contributed by atoms with van der Waals surface area (Å²) in [7, 11) is 0. The number of rotatable bonds is 3. The van der Waals surface area contributed by atoms with E-state index in [-0.39, 0.29) is 5.91 Å². The average Bonchev–Trinajstić information content (AvgIpc) is 2.19. The highest BCUT2D eigenvalue weighted by molar-refractivity contribution is 5.97. The first kappa shape index (κ1) is 10.2. The van der Waals surface area contributed by atoms with Gasteiger partial charge in [-0.1, -0.05) is 18.2 Å². The number of nitrogens with one attached hydrogen (secondary N) is 1. The Hall–Kier alpha value is -1.84. The highest BCUT2D eigenvalue weighted by Gasteiger charge is 2.12. The molecular weight excluding hydrogens is 180 g/mol. The fourth-order valence-electron chi connectivity index (χ4n) is 0.941. The lowest BCUT2D eigenvalue weighted by atomic mass is 10.2. The predicted molar refractivity (Wildman–Crippen MR) is 52.6 cm³/mol. The lowest BCUT2D eigenvalue weighted by Crippen LogP contribution is -2.42. The minimum absolute atomic E-state index is 0.295. The molecule has 1 rings (SSSR count). The Labute approximate surface area is 82.1 Å². The first-order valence-corrected chi connectivity index (χ1v) is 4.26. The van der Waals surface area contributed by atoms with Gasteiger partial charge in [0.05, 0.1) is 0 Å². The number of hydrogen-bond donors (Lipinski definition) is 2. The van der Waals surface area contributed by atoms with Crippen LogP contribution in [0.15, 0.2) is 30.3 Å². The first-order chi connectivity index (χ1) is 6.61. The summed E-state index contributed by atoms with van der Waals surface area (Å²) in [6.45, 7) is 1.54. The lowest BCUT2D eigenvalue weighted by molar-refractivity contribution is -0.119. The molecule has 0 aromatic heterocycles. The monoisotopic (exact) mass is 192 g/mol. The molecule has 0 bridgehead atoms. The fraction of sp³-hybridized carbons (Fsp3) is 0.200. The number of amides is 2. The molecule has 0 aliphatic carbocycles. The van der Waals surface area contributed by atoms with Crippen LogP contribution in [0.5, 0.6) is 0 Å². The van der Waals surface area contributed by atoms with Gasteiger partial charge in [0, 0.05) is 5.56 Å². The zero-order valence-electron chi connectivity index (χ0n) is 7.86. The molecular formula is C10H12N2O2. The van der Waals surface area contributed by atoms with Gasteiger partial charge < -0.3 is 11.1 Å². The molecule has 0 saturated carbocycles. The summed E-state index contributed by atoms with van der Waals surface area (Å²) in [5.41, 5.74) is 5.52. The second-order valence-electron chi connectivity index (χ2n) is 2.96. The van der Waals surface area contributed by atoms with Gasteiger partial charge in [-0.3, -0.25) is 9.59 Å². The van der Waals surface area contributed by atoms with Crippen molar-refractivity contribution in [2.24, 2.45) is 5.73 Å². The molecule has 14 heavy (non-hydrogen) atoms. The smallest absolute Gasteiger partial charge is 0.251 e. The van der Waals surface area contributed by atoms with Crippen LogP contribution in [0.1, 0.15) is 17.3 Å². The Kier molecular flexibility index (Phi) is 3.23. The van der Waals surface area contributed by atoms with Crippen LogP contribution in [0, 0.1) is 0 Å². The zero-order chi connectivity index (χ0) is 10.6. The summed E-state index contributed by atoms with van der Waals surface area (Å²) >= 11 is 0. The molecule has 3 N–H and O–H groups in total. The molecule has 1 aromatic carbocycles. The number of benzene rings is 1.